The van der Waals surface area contributed by atoms with Crippen LogP contribution in [-0.4, -0.2) is 11.2 Å². The molecule has 2 unspecified atom stereocenters. The highest BCUT2D eigenvalue weighted by Crippen LogP contribution is 2.34. The normalized spacial score (nSPS) is 14.7. The molecule has 0 spiro atoms. The average molecular weight is 373 g/mol. The number of rotatable bonds is 8. The quantitative estimate of drug-likeness (QED) is 0.399. The summed E-state index contributed by atoms with van der Waals surface area (Å²) in [6, 6.07) is 20.1. The predicted octanol–water partition coefficient (Wildman–Crippen LogP) is 6.35. The molecule has 0 aliphatic rings. The van der Waals surface area contributed by atoms with Crippen LogP contribution >= 0.6 is 0 Å². The van der Waals surface area contributed by atoms with Crippen LogP contribution in [0.2, 0.25) is 0 Å². The van der Waals surface area contributed by atoms with E-state index in [2.05, 4.69) is 0 Å². The van der Waals surface area contributed by atoms with Crippen molar-refractivity contribution < 1.29 is 19.6 Å². The molecule has 0 saturated heterocycles. The van der Waals surface area contributed by atoms with Gasteiger partial charge in [-0.1, -0.05) is 60.7 Å². The summed E-state index contributed by atoms with van der Waals surface area (Å²) in [5.41, 5.74) is 1.25. The minimum Gasteiger partial charge on any atom is -0.230 e. The zero-order valence-corrected chi connectivity index (χ0v) is 17.3. The van der Waals surface area contributed by atoms with E-state index >= 15 is 0 Å². The van der Waals surface area contributed by atoms with Gasteiger partial charge in [0.15, 0.2) is 0 Å². The summed E-state index contributed by atoms with van der Waals surface area (Å²) in [6.45, 7) is 11.8. The minimum absolute atomic E-state index is 0.292. The molecule has 0 aliphatic heterocycles. The van der Waals surface area contributed by atoms with Gasteiger partial charge in [-0.3, -0.25) is 0 Å². The van der Waals surface area contributed by atoms with Crippen molar-refractivity contribution in [3.8, 4) is 0 Å². The standard InChI is InChI=1S/C23H32O4/c1-22(2,3)26-24-20(18-13-9-7-10-14-18)17-21(25-27-23(4,5)6)19-15-11-8-12-16-19/h7-16,20-21H,17H2,1-6H3. The maximum absolute atomic E-state index is 5.84. The SMILES string of the molecule is CC(C)(C)OOC(CC(OOC(C)(C)C)c1ccccc1)c1ccccc1. The van der Waals surface area contributed by atoms with Crippen LogP contribution in [0.1, 0.15) is 71.3 Å². The molecule has 0 radical (unpaired) electrons. The Hall–Kier alpha value is -1.72. The fourth-order valence-corrected chi connectivity index (χ4v) is 2.40. The second-order valence-electron chi connectivity index (χ2n) is 8.62. The first-order chi connectivity index (χ1) is 12.6. The van der Waals surface area contributed by atoms with Crippen molar-refractivity contribution in [2.24, 2.45) is 0 Å². The van der Waals surface area contributed by atoms with Gasteiger partial charge in [-0.05, 0) is 52.7 Å². The van der Waals surface area contributed by atoms with Gasteiger partial charge in [-0.2, -0.15) is 0 Å². The van der Waals surface area contributed by atoms with Crippen LogP contribution in [0.3, 0.4) is 0 Å². The predicted molar refractivity (Wildman–Crippen MR) is 107 cm³/mol. The molecule has 148 valence electrons. The molecule has 0 saturated carbocycles. The average Bonchev–Trinajstić information content (AvgIpc) is 2.61. The van der Waals surface area contributed by atoms with Gasteiger partial charge in [0.25, 0.3) is 0 Å². The molecule has 2 atom stereocenters. The van der Waals surface area contributed by atoms with E-state index in [0.717, 1.165) is 11.1 Å². The summed E-state index contributed by atoms with van der Waals surface area (Å²) in [5.74, 6) is 0. The van der Waals surface area contributed by atoms with Crippen molar-refractivity contribution >= 4 is 0 Å². The molecule has 27 heavy (non-hydrogen) atoms. The molecule has 2 aromatic rings. The van der Waals surface area contributed by atoms with Crippen molar-refractivity contribution in [2.75, 3.05) is 0 Å². The van der Waals surface area contributed by atoms with Crippen LogP contribution < -0.4 is 0 Å². The van der Waals surface area contributed by atoms with E-state index in [0.29, 0.717) is 6.42 Å². The summed E-state index contributed by atoms with van der Waals surface area (Å²) < 4.78 is 0. The Balaban J connectivity index is 2.22. The third-order valence-corrected chi connectivity index (χ3v) is 3.60. The van der Waals surface area contributed by atoms with E-state index in [-0.39, 0.29) is 12.2 Å². The van der Waals surface area contributed by atoms with Crippen molar-refractivity contribution in [3.63, 3.8) is 0 Å². The van der Waals surface area contributed by atoms with Crippen LogP contribution in [0, 0.1) is 0 Å². The fourth-order valence-electron chi connectivity index (χ4n) is 2.40. The topological polar surface area (TPSA) is 36.9 Å². The van der Waals surface area contributed by atoms with Gasteiger partial charge in [0.2, 0.25) is 0 Å². The lowest BCUT2D eigenvalue weighted by atomic mass is 9.99. The molecule has 0 aromatic heterocycles. The molecule has 0 amide bonds. The Morgan fingerprint density at radius 1 is 0.593 bits per heavy atom. The number of hydrogen-bond acceptors (Lipinski definition) is 4. The van der Waals surface area contributed by atoms with Crippen LogP contribution in [-0.2, 0) is 19.6 Å². The summed E-state index contributed by atoms with van der Waals surface area (Å²) in [5, 5.41) is 0. The Bertz CT molecular complexity index is 597. The molecular weight excluding hydrogens is 340 g/mol. The molecule has 2 aromatic carbocycles. The lowest BCUT2D eigenvalue weighted by Gasteiger charge is -2.28. The summed E-state index contributed by atoms with van der Waals surface area (Å²) in [7, 11) is 0. The van der Waals surface area contributed by atoms with Gasteiger partial charge in [0.1, 0.15) is 12.2 Å². The highest BCUT2D eigenvalue weighted by molar-refractivity contribution is 5.21. The first-order valence-electron chi connectivity index (χ1n) is 9.43. The third-order valence-electron chi connectivity index (χ3n) is 3.60. The van der Waals surface area contributed by atoms with E-state index in [9.17, 15) is 0 Å². The minimum atomic E-state index is -0.405. The maximum Gasteiger partial charge on any atom is 0.121 e. The van der Waals surface area contributed by atoms with E-state index in [1.165, 1.54) is 0 Å². The first kappa shape index (κ1) is 21.6. The smallest absolute Gasteiger partial charge is 0.121 e. The zero-order chi connectivity index (χ0) is 19.9. The van der Waals surface area contributed by atoms with Gasteiger partial charge in [0.05, 0.1) is 11.2 Å². The molecular formula is C23H32O4. The molecule has 0 aliphatic carbocycles. The highest BCUT2D eigenvalue weighted by atomic mass is 17.2. The summed E-state index contributed by atoms with van der Waals surface area (Å²) >= 11 is 0. The van der Waals surface area contributed by atoms with Crippen molar-refractivity contribution in [1.29, 1.82) is 0 Å². The third kappa shape index (κ3) is 8.22. The van der Waals surface area contributed by atoms with E-state index < -0.39 is 11.2 Å². The van der Waals surface area contributed by atoms with Crippen LogP contribution in [0.5, 0.6) is 0 Å². The van der Waals surface area contributed by atoms with Gasteiger partial charge in [-0.25, -0.2) is 19.6 Å². The highest BCUT2D eigenvalue weighted by Gasteiger charge is 2.26. The zero-order valence-electron chi connectivity index (χ0n) is 17.3. The summed E-state index contributed by atoms with van der Waals surface area (Å²) in [4.78, 5) is 22.9. The van der Waals surface area contributed by atoms with Crippen LogP contribution in [0.4, 0.5) is 0 Å². The van der Waals surface area contributed by atoms with Gasteiger partial charge in [-0.15, -0.1) is 0 Å². The molecule has 4 heteroatoms. The van der Waals surface area contributed by atoms with E-state index in [1.807, 2.05) is 102 Å². The van der Waals surface area contributed by atoms with E-state index in [4.69, 9.17) is 19.6 Å². The second kappa shape index (κ2) is 9.47. The van der Waals surface area contributed by atoms with Crippen molar-refractivity contribution in [1.82, 2.24) is 0 Å². The fraction of sp³-hybridized carbons (Fsp3) is 0.478. The van der Waals surface area contributed by atoms with Crippen LogP contribution in [0.15, 0.2) is 60.7 Å². The molecule has 4 nitrogen and oxygen atoms in total. The Kier molecular flexibility index (Phi) is 7.57. The van der Waals surface area contributed by atoms with Crippen molar-refractivity contribution in [2.45, 2.75) is 71.4 Å². The van der Waals surface area contributed by atoms with Crippen molar-refractivity contribution in [3.05, 3.63) is 71.8 Å². The maximum atomic E-state index is 5.84. The Morgan fingerprint density at radius 3 is 1.22 bits per heavy atom. The molecule has 0 N–H and O–H groups in total. The van der Waals surface area contributed by atoms with Gasteiger partial charge < -0.3 is 0 Å². The summed E-state index contributed by atoms with van der Waals surface area (Å²) in [6.07, 6.45) is -0.0291. The van der Waals surface area contributed by atoms with Crippen LogP contribution in [0.25, 0.3) is 0 Å². The second-order valence-corrected chi connectivity index (χ2v) is 8.62. The first-order valence-corrected chi connectivity index (χ1v) is 9.43. The van der Waals surface area contributed by atoms with Gasteiger partial charge in [0, 0.05) is 6.42 Å². The lowest BCUT2D eigenvalue weighted by molar-refractivity contribution is -0.401. The van der Waals surface area contributed by atoms with E-state index in [1.54, 1.807) is 0 Å². The molecule has 0 fully saturated rings. The van der Waals surface area contributed by atoms with Gasteiger partial charge >= 0.3 is 0 Å². The number of benzene rings is 2. The molecule has 0 heterocycles. The molecule has 0 bridgehead atoms. The Morgan fingerprint density at radius 2 is 0.926 bits per heavy atom. The monoisotopic (exact) mass is 372 g/mol. The number of hydrogen-bond donors (Lipinski definition) is 0. The lowest BCUT2D eigenvalue weighted by Crippen LogP contribution is -2.24. The molecule has 2 rings (SSSR count). The Labute approximate surface area is 163 Å². The largest absolute Gasteiger partial charge is 0.230 e.